The molecular weight excluding hydrogens is 1750 g/mol. The smallest absolute Gasteiger partial charge is 0.171 e. The Morgan fingerprint density at radius 1 is 0.133 bits per heavy atom. The molecule has 16 nitrogen and oxygen atoms in total. The predicted molar refractivity (Wildman–Crippen MR) is 568 cm³/mol. The van der Waals surface area contributed by atoms with Gasteiger partial charge in [0.1, 0.15) is 22.6 Å². The highest BCUT2D eigenvalue weighted by Crippen LogP contribution is 2.49. The summed E-state index contributed by atoms with van der Waals surface area (Å²) >= 11 is 15.7. The molecule has 0 saturated carbocycles. The molecule has 3 aromatic heterocycles. The van der Waals surface area contributed by atoms with E-state index in [9.17, 15) is 40.9 Å². The van der Waals surface area contributed by atoms with Gasteiger partial charge in [0.25, 0.3) is 0 Å². The van der Waals surface area contributed by atoms with Crippen molar-refractivity contribution in [3.05, 3.63) is 23.3 Å². The van der Waals surface area contributed by atoms with Crippen molar-refractivity contribution in [3.8, 4) is 0 Å². The van der Waals surface area contributed by atoms with Gasteiger partial charge < -0.3 is 50.8 Å². The second kappa shape index (κ2) is 86.2. The number of hydrogen-bond acceptors (Lipinski definition) is 22. The van der Waals surface area contributed by atoms with Crippen LogP contribution in [0, 0.1) is 0 Å². The number of aliphatic hydroxyl groups is 8. The molecule has 0 radical (unpaired) electrons. The summed E-state index contributed by atoms with van der Waals surface area (Å²) in [6.07, 6.45) is 83.5. The summed E-state index contributed by atoms with van der Waals surface area (Å²) in [6, 6.07) is 0. The molecule has 2 aliphatic heterocycles. The third-order valence-corrected chi connectivity index (χ3v) is 34.6. The summed E-state index contributed by atoms with van der Waals surface area (Å²) in [7, 11) is 0. The van der Waals surface area contributed by atoms with E-state index in [1.807, 2.05) is 94.1 Å². The Morgan fingerprint density at radius 2 is 0.250 bits per heavy atom. The van der Waals surface area contributed by atoms with Crippen LogP contribution in [0.3, 0.4) is 0 Å². The third-order valence-electron chi connectivity index (χ3n) is 24.7. The maximum absolute atomic E-state index is 9.46. The summed E-state index contributed by atoms with van der Waals surface area (Å²) < 4.78 is 0. The van der Waals surface area contributed by atoms with E-state index >= 15 is 0 Å². The number of nitrogens with zero attached hydrogens (tertiary/aromatic N) is 6. The molecule has 2 aliphatic rings. The zero-order valence-electron chi connectivity index (χ0n) is 80.8. The van der Waals surface area contributed by atoms with Crippen LogP contribution >= 0.6 is 94.1 Å². The minimum absolute atomic E-state index is 0.287. The minimum Gasteiger partial charge on any atom is -0.396 e. The maximum Gasteiger partial charge on any atom is 0.171 e. The Bertz CT molecular complexity index is 3130. The molecule has 0 aromatic carbocycles. The van der Waals surface area contributed by atoms with Crippen molar-refractivity contribution in [3.63, 3.8) is 0 Å². The molecule has 5 heterocycles. The van der Waals surface area contributed by atoms with Crippen LogP contribution in [0.1, 0.15) is 486 Å². The number of nitrogens with one attached hydrogen (secondary N) is 2. The van der Waals surface area contributed by atoms with E-state index in [4.69, 9.17) is 29.9 Å². The van der Waals surface area contributed by atoms with E-state index in [0.29, 0.717) is 0 Å². The normalized spacial score (nSPS) is 12.5. The molecule has 3 aromatic rings. The first-order chi connectivity index (χ1) is 63.5. The van der Waals surface area contributed by atoms with Crippen LogP contribution in [0.5, 0.6) is 0 Å². The molecule has 0 spiro atoms. The maximum atomic E-state index is 9.46. The molecule has 0 fully saturated rings. The van der Waals surface area contributed by atoms with E-state index < -0.39 is 0 Å². The predicted octanol–water partition coefficient (Wildman–Crippen LogP) is 30.9. The average Bonchev–Trinajstić information content (AvgIpc) is 1.61. The molecule has 5 rings (SSSR count). The number of H-pyrrole nitrogens is 2. The largest absolute Gasteiger partial charge is 0.396 e. The Morgan fingerprint density at radius 3 is 0.398 bits per heavy atom. The van der Waals surface area contributed by atoms with Gasteiger partial charge in [0.2, 0.25) is 0 Å². The lowest BCUT2D eigenvalue weighted by atomic mass is 10.1. The lowest BCUT2D eigenvalue weighted by Crippen LogP contribution is -1.93. The van der Waals surface area contributed by atoms with Gasteiger partial charge in [0.05, 0.1) is 39.2 Å². The van der Waals surface area contributed by atoms with Gasteiger partial charge in [0, 0.05) is 52.9 Å². The number of unbranched alkanes of at least 4 members (excludes halogenated alkanes) is 64. The number of aromatic nitrogens is 8. The van der Waals surface area contributed by atoms with Gasteiger partial charge in [0.15, 0.2) is 23.3 Å². The molecule has 10 N–H and O–H groups in total. The number of thioether (sulfide) groups is 8. The van der Waals surface area contributed by atoms with Gasteiger partial charge in [-0.25, -0.2) is 29.9 Å². The zero-order valence-corrected chi connectivity index (χ0v) is 87.3. The minimum atomic E-state index is 0.287. The van der Waals surface area contributed by atoms with Crippen molar-refractivity contribution in [2.45, 2.75) is 482 Å². The fourth-order valence-corrected chi connectivity index (χ4v) is 26.2. The zero-order chi connectivity index (χ0) is 90.8. The first-order valence-corrected chi connectivity index (χ1v) is 61.0. The van der Waals surface area contributed by atoms with Crippen LogP contribution < -0.4 is 0 Å². The second-order valence-corrected chi connectivity index (χ2v) is 45.1. The lowest BCUT2D eigenvalue weighted by Gasteiger charge is -2.09. The van der Waals surface area contributed by atoms with Gasteiger partial charge in [-0.15, -0.1) is 94.1 Å². The highest BCUT2D eigenvalue weighted by molar-refractivity contribution is 8.14. The summed E-state index contributed by atoms with van der Waals surface area (Å²) in [5.41, 5.74) is 3.40. The van der Waals surface area contributed by atoms with Gasteiger partial charge >= 0.3 is 0 Å². The topological polar surface area (TPSA) is 271 Å². The fourth-order valence-electron chi connectivity index (χ4n) is 16.8. The fraction of sp³-hybridized carbons (Fsp3) is 0.846. The highest BCUT2D eigenvalue weighted by Gasteiger charge is 2.30. The van der Waals surface area contributed by atoms with Crippen LogP contribution in [-0.4, -0.2) is 180 Å². The number of rotatable bonds is 96. The average molecular weight is 1930 g/mol. The summed E-state index contributed by atoms with van der Waals surface area (Å²) in [6.45, 7) is 2.30. The number of fused-ring (bicyclic) bond motifs is 8. The van der Waals surface area contributed by atoms with E-state index in [-0.39, 0.29) is 52.9 Å². The van der Waals surface area contributed by atoms with Crippen molar-refractivity contribution in [1.29, 1.82) is 0 Å². The monoisotopic (exact) mass is 1930 g/mol. The molecule has 128 heavy (non-hydrogen) atoms. The van der Waals surface area contributed by atoms with Crippen LogP contribution in [0.2, 0.25) is 0 Å². The van der Waals surface area contributed by atoms with Gasteiger partial charge in [-0.2, -0.15) is 0 Å². The van der Waals surface area contributed by atoms with Crippen molar-refractivity contribution >= 4 is 136 Å². The van der Waals surface area contributed by atoms with Crippen LogP contribution in [0.4, 0.5) is 0 Å². The number of aromatic amines is 2. The van der Waals surface area contributed by atoms with Gasteiger partial charge in [-0.1, -0.05) is 360 Å². The molecule has 0 aliphatic carbocycles. The molecule has 0 amide bonds. The number of aliphatic hydroxyl groups excluding tert-OH is 8. The van der Waals surface area contributed by atoms with Crippen molar-refractivity contribution in [2.75, 3.05) is 98.9 Å². The van der Waals surface area contributed by atoms with Crippen LogP contribution in [-0.2, 0) is 0 Å². The van der Waals surface area contributed by atoms with E-state index in [0.717, 1.165) is 266 Å². The summed E-state index contributed by atoms with van der Waals surface area (Å²) in [5.74, 6) is 10.6. The molecule has 8 bridgehead atoms. The Labute approximate surface area is 814 Å². The molecule has 0 unspecified atom stereocenters. The van der Waals surface area contributed by atoms with Crippen molar-refractivity contribution < 1.29 is 40.9 Å². The SMILES string of the molecule is OCCCCCCCCCCCSC1=C(SCCCCCCCCCCCO)c2nc1nc1nc(nc3[nH]c(nc4[nH]c(n2)c(SCCCCCCCCCCCO)c4SCCCCCCCCCCCO)c(SCCCCCCCCCCCO)c3SCCCCCCCCCCCO)C(SCCCCCCCCCCCO)=C1SCCCCCCCCCCCO. The standard InChI is InChI=1S/C104H186N8O8S8/c113-73-57-41-25-9-1-17-33-49-65-81-121-89-90(122-82-66-50-34-18-2-10-26-42-58-74-114)98-105-97(89)109-99-91(123-83-67-51-35-19-3-11-27-43-59-75-115)92(124-84-68-52-36-20-4-12-28-44-60-76-116)101(106-99)111-103-95(127-87-71-55-39-23-7-15-31-47-63-79-119)96(128-88-72-56-40-24-8-16-32-48-64-80-120)104(108-103)112-102-94(126-86-70-54-38-22-6-14-30-46-62-78-118)93(100(107-102)110-98)125-85-69-53-37-21-5-13-29-45-61-77-117/h113-120H,1-88H2,(H2,105,106,107,108,109,110,111,112). The van der Waals surface area contributed by atoms with Crippen molar-refractivity contribution in [1.82, 2.24) is 39.9 Å². The van der Waals surface area contributed by atoms with Crippen LogP contribution in [0.15, 0.2) is 19.6 Å². The highest BCUT2D eigenvalue weighted by atomic mass is 32.2. The molecule has 0 saturated heterocycles. The quantitative estimate of drug-likeness (QED) is 0.0186. The Hall–Kier alpha value is -1.20. The Kier molecular flexibility index (Phi) is 79.0. The molecule has 738 valence electrons. The number of hydrogen-bond donors (Lipinski definition) is 10. The third kappa shape index (κ3) is 57.2. The van der Waals surface area contributed by atoms with E-state index in [1.54, 1.807) is 0 Å². The van der Waals surface area contributed by atoms with Crippen molar-refractivity contribution in [2.24, 2.45) is 0 Å². The first kappa shape index (κ1) is 117. The van der Waals surface area contributed by atoms with Gasteiger partial charge in [-0.3, -0.25) is 0 Å². The van der Waals surface area contributed by atoms with Gasteiger partial charge in [-0.05, 0) is 149 Å². The van der Waals surface area contributed by atoms with E-state index in [1.165, 1.54) is 328 Å². The first-order valence-electron chi connectivity index (χ1n) is 53.2. The molecule has 24 heteroatoms. The van der Waals surface area contributed by atoms with Crippen LogP contribution in [0.25, 0.3) is 42.2 Å². The second-order valence-electron chi connectivity index (χ2n) is 36.3. The lowest BCUT2D eigenvalue weighted by molar-refractivity contribution is 0.282. The van der Waals surface area contributed by atoms with E-state index in [2.05, 4.69) is 9.97 Å². The molecule has 0 atom stereocenters. The summed E-state index contributed by atoms with van der Waals surface area (Å²) in [5, 5.41) is 75.7. The Balaban J connectivity index is 1.84. The summed E-state index contributed by atoms with van der Waals surface area (Å²) in [4.78, 5) is 53.1. The molecular formula is C104H186N8O8S8.